The minimum absolute atomic E-state index is 0.419. The fraction of sp³-hybridized carbons (Fsp3) is 0.600. The average molecular weight is 214 g/mol. The number of H-pyrrole nitrogens is 1. The van der Waals surface area contributed by atoms with Gasteiger partial charge in [0.25, 0.3) is 0 Å². The van der Waals surface area contributed by atoms with Crippen LogP contribution in [0.1, 0.15) is 19.0 Å². The molecule has 1 rings (SSSR count). The monoisotopic (exact) mass is 214 g/mol. The molecular formula is C10H18N2OS. The van der Waals surface area contributed by atoms with E-state index in [0.29, 0.717) is 6.04 Å². The Bertz CT molecular complexity index is 272. The summed E-state index contributed by atoms with van der Waals surface area (Å²) in [4.78, 5) is 3.13. The molecule has 0 aromatic carbocycles. The summed E-state index contributed by atoms with van der Waals surface area (Å²) < 4.78 is 10.9. The molecule has 2 unspecified atom stereocenters. The van der Waals surface area contributed by atoms with Crippen LogP contribution >= 0.6 is 0 Å². The molecule has 0 saturated heterocycles. The average Bonchev–Trinajstić information content (AvgIpc) is 2.63. The lowest BCUT2D eigenvalue weighted by atomic mass is 10.2. The topological polar surface area (TPSA) is 44.9 Å². The Balaban J connectivity index is 2.15. The van der Waals surface area contributed by atoms with Gasteiger partial charge in [0, 0.05) is 47.3 Å². The Labute approximate surface area is 87.8 Å². The van der Waals surface area contributed by atoms with E-state index in [9.17, 15) is 4.21 Å². The fourth-order valence-corrected chi connectivity index (χ4v) is 1.89. The van der Waals surface area contributed by atoms with Crippen LogP contribution in [0.3, 0.4) is 0 Å². The molecule has 1 aromatic heterocycles. The van der Waals surface area contributed by atoms with Crippen molar-refractivity contribution in [2.24, 2.45) is 0 Å². The van der Waals surface area contributed by atoms with Gasteiger partial charge in [-0.3, -0.25) is 4.21 Å². The first kappa shape index (κ1) is 11.5. The number of hydrogen-bond acceptors (Lipinski definition) is 2. The van der Waals surface area contributed by atoms with Crippen LogP contribution in [0.15, 0.2) is 18.3 Å². The molecule has 2 atom stereocenters. The lowest BCUT2D eigenvalue weighted by Gasteiger charge is -2.11. The summed E-state index contributed by atoms with van der Waals surface area (Å²) in [6.07, 6.45) is 4.63. The third-order valence-corrected chi connectivity index (χ3v) is 2.95. The highest BCUT2D eigenvalue weighted by atomic mass is 32.2. The molecular weight excluding hydrogens is 196 g/mol. The first-order valence-electron chi connectivity index (χ1n) is 4.84. The van der Waals surface area contributed by atoms with Crippen LogP contribution < -0.4 is 5.32 Å². The molecule has 0 bridgehead atoms. The van der Waals surface area contributed by atoms with Gasteiger partial charge in [-0.25, -0.2) is 0 Å². The molecule has 0 aliphatic heterocycles. The molecule has 3 nitrogen and oxygen atoms in total. The first-order valence-corrected chi connectivity index (χ1v) is 6.57. The minimum Gasteiger partial charge on any atom is -0.364 e. The molecule has 0 spiro atoms. The fourth-order valence-electron chi connectivity index (χ4n) is 1.21. The maximum Gasteiger partial charge on any atom is 0.0359 e. The van der Waals surface area contributed by atoms with Crippen LogP contribution in [0.25, 0.3) is 0 Å². The summed E-state index contributed by atoms with van der Waals surface area (Å²) in [6.45, 7) is 2.97. The van der Waals surface area contributed by atoms with Gasteiger partial charge < -0.3 is 10.3 Å². The van der Waals surface area contributed by atoms with Crippen LogP contribution in [-0.2, 0) is 17.3 Å². The normalized spacial score (nSPS) is 15.3. The summed E-state index contributed by atoms with van der Waals surface area (Å²) in [5.74, 6) is 0.777. The predicted molar refractivity (Wildman–Crippen MR) is 60.6 cm³/mol. The van der Waals surface area contributed by atoms with Crippen molar-refractivity contribution in [3.05, 3.63) is 24.0 Å². The maximum absolute atomic E-state index is 10.9. The highest BCUT2D eigenvalue weighted by Gasteiger charge is 2.02. The van der Waals surface area contributed by atoms with Crippen molar-refractivity contribution in [3.8, 4) is 0 Å². The van der Waals surface area contributed by atoms with Gasteiger partial charge >= 0.3 is 0 Å². The summed E-state index contributed by atoms with van der Waals surface area (Å²) in [5, 5.41) is 3.37. The molecule has 0 aliphatic rings. The zero-order chi connectivity index (χ0) is 10.4. The Morgan fingerprint density at radius 2 is 2.43 bits per heavy atom. The Kier molecular flexibility index (Phi) is 4.90. The zero-order valence-corrected chi connectivity index (χ0v) is 9.56. The second-order valence-electron chi connectivity index (χ2n) is 3.54. The SMILES string of the molecule is CC(CCS(C)=O)NCc1ccc[nH]1. The molecule has 14 heavy (non-hydrogen) atoms. The van der Waals surface area contributed by atoms with Crippen LogP contribution in [0.5, 0.6) is 0 Å². The van der Waals surface area contributed by atoms with Crippen molar-refractivity contribution in [3.63, 3.8) is 0 Å². The minimum atomic E-state index is -0.674. The molecule has 80 valence electrons. The third kappa shape index (κ3) is 4.58. The molecule has 1 aromatic rings. The Morgan fingerprint density at radius 3 is 3.00 bits per heavy atom. The first-order chi connectivity index (χ1) is 6.68. The molecule has 1 heterocycles. The van der Waals surface area contributed by atoms with E-state index < -0.39 is 10.8 Å². The molecule has 0 fully saturated rings. The third-order valence-electron chi connectivity index (χ3n) is 2.14. The van der Waals surface area contributed by atoms with Gasteiger partial charge in [-0.15, -0.1) is 0 Å². The highest BCUT2D eigenvalue weighted by molar-refractivity contribution is 7.84. The number of aromatic nitrogens is 1. The van der Waals surface area contributed by atoms with Gasteiger partial charge in [0.2, 0.25) is 0 Å². The molecule has 2 N–H and O–H groups in total. The van der Waals surface area contributed by atoms with E-state index in [0.717, 1.165) is 18.7 Å². The molecule has 0 radical (unpaired) electrons. The molecule has 0 amide bonds. The van der Waals surface area contributed by atoms with Crippen LogP contribution in [0, 0.1) is 0 Å². The van der Waals surface area contributed by atoms with E-state index in [2.05, 4.69) is 23.3 Å². The maximum atomic E-state index is 10.9. The number of nitrogens with one attached hydrogen (secondary N) is 2. The van der Waals surface area contributed by atoms with Gasteiger partial charge in [0.05, 0.1) is 0 Å². The lowest BCUT2D eigenvalue weighted by Crippen LogP contribution is -2.27. The zero-order valence-electron chi connectivity index (χ0n) is 8.75. The summed E-state index contributed by atoms with van der Waals surface area (Å²) in [6, 6.07) is 4.46. The lowest BCUT2D eigenvalue weighted by molar-refractivity contribution is 0.531. The summed E-state index contributed by atoms with van der Waals surface area (Å²) in [7, 11) is -0.674. The summed E-state index contributed by atoms with van der Waals surface area (Å²) >= 11 is 0. The van der Waals surface area contributed by atoms with Crippen molar-refractivity contribution in [1.82, 2.24) is 10.3 Å². The second-order valence-corrected chi connectivity index (χ2v) is 5.10. The van der Waals surface area contributed by atoms with Gasteiger partial charge in [0.15, 0.2) is 0 Å². The highest BCUT2D eigenvalue weighted by Crippen LogP contribution is 1.97. The van der Waals surface area contributed by atoms with Crippen LogP contribution in [-0.4, -0.2) is 27.2 Å². The number of rotatable bonds is 6. The van der Waals surface area contributed by atoms with Crippen LogP contribution in [0.2, 0.25) is 0 Å². The van der Waals surface area contributed by atoms with E-state index in [1.165, 1.54) is 5.69 Å². The molecule has 0 saturated carbocycles. The summed E-state index contributed by atoms with van der Waals surface area (Å²) in [5.41, 5.74) is 1.19. The smallest absolute Gasteiger partial charge is 0.0359 e. The number of aromatic amines is 1. The molecule has 0 aliphatic carbocycles. The van der Waals surface area contributed by atoms with Crippen LogP contribution in [0.4, 0.5) is 0 Å². The predicted octanol–water partition coefficient (Wildman–Crippen LogP) is 1.26. The standard InChI is InChI=1S/C10H18N2OS/c1-9(5-7-14(2)13)12-8-10-4-3-6-11-10/h3-4,6,9,11-12H,5,7-8H2,1-2H3. The Morgan fingerprint density at radius 1 is 1.64 bits per heavy atom. The van der Waals surface area contributed by atoms with Gasteiger partial charge in [0.1, 0.15) is 0 Å². The quantitative estimate of drug-likeness (QED) is 0.749. The van der Waals surface area contributed by atoms with E-state index in [1.54, 1.807) is 6.26 Å². The largest absolute Gasteiger partial charge is 0.364 e. The second kappa shape index (κ2) is 5.98. The Hall–Kier alpha value is -0.610. The van der Waals surface area contributed by atoms with E-state index >= 15 is 0 Å². The van der Waals surface area contributed by atoms with Gasteiger partial charge in [-0.1, -0.05) is 0 Å². The van der Waals surface area contributed by atoms with Crippen molar-refractivity contribution in [2.75, 3.05) is 12.0 Å². The van der Waals surface area contributed by atoms with Crippen molar-refractivity contribution >= 4 is 10.8 Å². The van der Waals surface area contributed by atoms with E-state index in [-0.39, 0.29) is 0 Å². The molecule has 4 heteroatoms. The van der Waals surface area contributed by atoms with E-state index in [1.807, 2.05) is 12.3 Å². The number of hydrogen-bond donors (Lipinski definition) is 2. The van der Waals surface area contributed by atoms with Crippen molar-refractivity contribution in [1.29, 1.82) is 0 Å². The van der Waals surface area contributed by atoms with Gasteiger partial charge in [-0.2, -0.15) is 0 Å². The van der Waals surface area contributed by atoms with E-state index in [4.69, 9.17) is 0 Å². The van der Waals surface area contributed by atoms with Crippen molar-refractivity contribution in [2.45, 2.75) is 25.9 Å². The van der Waals surface area contributed by atoms with Gasteiger partial charge in [-0.05, 0) is 25.5 Å². The van der Waals surface area contributed by atoms with Crippen molar-refractivity contribution < 1.29 is 4.21 Å².